The van der Waals surface area contributed by atoms with E-state index < -0.39 is 17.8 Å². The van der Waals surface area contributed by atoms with Crippen molar-refractivity contribution in [1.29, 1.82) is 0 Å². The fourth-order valence-electron chi connectivity index (χ4n) is 5.04. The third-order valence-electron chi connectivity index (χ3n) is 7.11. The minimum absolute atomic E-state index is 0.00663. The summed E-state index contributed by atoms with van der Waals surface area (Å²) in [6.07, 6.45) is 1.69. The lowest BCUT2D eigenvalue weighted by Crippen LogP contribution is -2.40. The van der Waals surface area contributed by atoms with Gasteiger partial charge in [0.25, 0.3) is 5.56 Å². The van der Waals surface area contributed by atoms with E-state index in [0.29, 0.717) is 43.0 Å². The molecule has 0 N–H and O–H groups in total. The van der Waals surface area contributed by atoms with E-state index in [9.17, 15) is 18.4 Å². The molecule has 9 heteroatoms. The zero-order valence-corrected chi connectivity index (χ0v) is 24.4. The highest BCUT2D eigenvalue weighted by Crippen LogP contribution is 2.35. The summed E-state index contributed by atoms with van der Waals surface area (Å²) in [7, 11) is 0. The van der Waals surface area contributed by atoms with E-state index in [1.54, 1.807) is 61.5 Å². The predicted octanol–water partition coefficient (Wildman–Crippen LogP) is 5.79. The summed E-state index contributed by atoms with van der Waals surface area (Å²) < 4.78 is 41.4. The summed E-state index contributed by atoms with van der Waals surface area (Å²) in [6, 6.07) is 27.5. The van der Waals surface area contributed by atoms with Gasteiger partial charge in [-0.3, -0.25) is 9.36 Å². The van der Waals surface area contributed by atoms with Crippen LogP contribution in [0.1, 0.15) is 35.2 Å². The van der Waals surface area contributed by atoms with Crippen LogP contribution in [0.3, 0.4) is 0 Å². The SMILES string of the molecule is CCOC(=O)C1=C(c2ccccc2)N=c2s/c(=C\c3ccccc3OCc3ccccc3F)c(=O)n2[C@H]1c1ccc(F)cc1. The van der Waals surface area contributed by atoms with Crippen LogP contribution in [-0.2, 0) is 16.1 Å². The zero-order chi connectivity index (χ0) is 30.6. The van der Waals surface area contributed by atoms with E-state index in [1.807, 2.05) is 36.4 Å². The van der Waals surface area contributed by atoms with Crippen LogP contribution in [0.25, 0.3) is 11.8 Å². The summed E-state index contributed by atoms with van der Waals surface area (Å²) in [4.78, 5) is 32.8. The van der Waals surface area contributed by atoms with Crippen LogP contribution in [0.15, 0.2) is 118 Å². The van der Waals surface area contributed by atoms with Crippen LogP contribution in [0, 0.1) is 11.6 Å². The van der Waals surface area contributed by atoms with E-state index in [2.05, 4.69) is 0 Å². The number of fused-ring (bicyclic) bond motifs is 1. The van der Waals surface area contributed by atoms with Gasteiger partial charge in [-0.05, 0) is 42.8 Å². The van der Waals surface area contributed by atoms with Crippen LogP contribution in [-0.4, -0.2) is 17.1 Å². The van der Waals surface area contributed by atoms with Gasteiger partial charge in [-0.2, -0.15) is 0 Å². The minimum Gasteiger partial charge on any atom is -0.488 e. The number of nitrogens with zero attached hydrogens (tertiary/aromatic N) is 2. The number of carbonyl (C=O) groups excluding carboxylic acids is 1. The molecule has 0 fully saturated rings. The fraction of sp³-hybridized carbons (Fsp3) is 0.114. The molecule has 0 saturated heterocycles. The topological polar surface area (TPSA) is 69.9 Å². The first-order chi connectivity index (χ1) is 21.4. The Morgan fingerprint density at radius 3 is 2.39 bits per heavy atom. The highest BCUT2D eigenvalue weighted by molar-refractivity contribution is 7.07. The van der Waals surface area contributed by atoms with Crippen molar-refractivity contribution in [3.63, 3.8) is 0 Å². The molecule has 1 aliphatic heterocycles. The lowest BCUT2D eigenvalue weighted by Gasteiger charge is -2.25. The van der Waals surface area contributed by atoms with Gasteiger partial charge in [0.05, 0.1) is 28.5 Å². The Labute approximate surface area is 255 Å². The second kappa shape index (κ2) is 12.6. The number of para-hydroxylation sites is 1. The van der Waals surface area contributed by atoms with E-state index in [-0.39, 0.29) is 30.2 Å². The molecule has 0 unspecified atom stereocenters. The van der Waals surface area contributed by atoms with Gasteiger partial charge in [0.15, 0.2) is 4.80 Å². The van der Waals surface area contributed by atoms with Gasteiger partial charge in [0.2, 0.25) is 0 Å². The molecule has 4 aromatic carbocycles. The fourth-order valence-corrected chi connectivity index (χ4v) is 6.04. The first kappa shape index (κ1) is 28.9. The Hall–Kier alpha value is -5.15. The number of aromatic nitrogens is 1. The molecule has 44 heavy (non-hydrogen) atoms. The molecule has 2 heterocycles. The number of rotatable bonds is 8. The average molecular weight is 609 g/mol. The smallest absolute Gasteiger partial charge is 0.338 e. The molecule has 0 radical (unpaired) electrons. The molecule has 220 valence electrons. The summed E-state index contributed by atoms with van der Waals surface area (Å²) in [5.74, 6) is -0.969. The van der Waals surface area contributed by atoms with Crippen molar-refractivity contribution in [2.75, 3.05) is 6.61 Å². The van der Waals surface area contributed by atoms with E-state index >= 15 is 0 Å². The summed E-state index contributed by atoms with van der Waals surface area (Å²) >= 11 is 1.16. The molecule has 6 rings (SSSR count). The lowest BCUT2D eigenvalue weighted by atomic mass is 9.93. The Morgan fingerprint density at radius 2 is 1.64 bits per heavy atom. The van der Waals surface area contributed by atoms with Gasteiger partial charge >= 0.3 is 5.97 Å². The molecule has 6 nitrogen and oxygen atoms in total. The minimum atomic E-state index is -0.921. The van der Waals surface area contributed by atoms with E-state index in [4.69, 9.17) is 14.5 Å². The lowest BCUT2D eigenvalue weighted by molar-refractivity contribution is -0.138. The summed E-state index contributed by atoms with van der Waals surface area (Å²) in [5, 5.41) is 0. The number of thiazole rings is 1. The largest absolute Gasteiger partial charge is 0.488 e. The van der Waals surface area contributed by atoms with Crippen LogP contribution in [0.4, 0.5) is 8.78 Å². The van der Waals surface area contributed by atoms with Gasteiger partial charge in [-0.25, -0.2) is 18.6 Å². The third-order valence-corrected chi connectivity index (χ3v) is 8.09. The maximum atomic E-state index is 14.2. The molecule has 5 aromatic rings. The number of esters is 1. The first-order valence-electron chi connectivity index (χ1n) is 13.9. The molecule has 0 amide bonds. The second-order valence-corrected chi connectivity index (χ2v) is 10.9. The summed E-state index contributed by atoms with van der Waals surface area (Å²) in [5.41, 5.74) is 2.38. The standard InChI is InChI=1S/C35H26F2N2O4S/c1-2-42-34(41)30-31(22-10-4-3-5-11-22)38-35-39(32(30)23-16-18-26(36)19-17-23)33(40)29(44-35)20-24-12-7-9-15-28(24)43-21-25-13-6-8-14-27(25)37/h3-20,32H,2,21H2,1H3/b29-20-/t32-/m0/s1. The van der Waals surface area contributed by atoms with Gasteiger partial charge < -0.3 is 9.47 Å². The number of hydrogen-bond donors (Lipinski definition) is 0. The van der Waals surface area contributed by atoms with Crippen molar-refractivity contribution < 1.29 is 23.0 Å². The van der Waals surface area contributed by atoms with Crippen LogP contribution >= 0.6 is 11.3 Å². The van der Waals surface area contributed by atoms with Crippen LogP contribution in [0.2, 0.25) is 0 Å². The van der Waals surface area contributed by atoms with Gasteiger partial charge in [0, 0.05) is 16.7 Å². The van der Waals surface area contributed by atoms with Crippen molar-refractivity contribution >= 4 is 29.1 Å². The van der Waals surface area contributed by atoms with Gasteiger partial charge in [0.1, 0.15) is 24.0 Å². The first-order valence-corrected chi connectivity index (χ1v) is 14.8. The second-order valence-electron chi connectivity index (χ2n) is 9.90. The molecule has 0 bridgehead atoms. The summed E-state index contributed by atoms with van der Waals surface area (Å²) in [6.45, 7) is 1.83. The molecule has 0 aliphatic carbocycles. The normalized spacial score (nSPS) is 14.6. The molecular formula is C35H26F2N2O4S. The zero-order valence-electron chi connectivity index (χ0n) is 23.6. The highest BCUT2D eigenvalue weighted by Gasteiger charge is 2.35. The molecule has 1 aliphatic rings. The Morgan fingerprint density at radius 1 is 0.932 bits per heavy atom. The van der Waals surface area contributed by atoms with E-state index in [1.165, 1.54) is 22.8 Å². The van der Waals surface area contributed by atoms with Crippen molar-refractivity contribution in [3.05, 3.63) is 162 Å². The number of benzene rings is 4. The Kier molecular flexibility index (Phi) is 8.29. The number of halogens is 2. The predicted molar refractivity (Wildman–Crippen MR) is 165 cm³/mol. The van der Waals surface area contributed by atoms with Crippen molar-refractivity contribution in [2.24, 2.45) is 4.99 Å². The van der Waals surface area contributed by atoms with Gasteiger partial charge in [-0.15, -0.1) is 0 Å². The molecule has 0 saturated carbocycles. The van der Waals surface area contributed by atoms with Gasteiger partial charge in [-0.1, -0.05) is 90.2 Å². The molecule has 0 spiro atoms. The maximum Gasteiger partial charge on any atom is 0.338 e. The number of ether oxygens (including phenoxy) is 2. The molecule has 1 atom stereocenters. The molecule has 1 aromatic heterocycles. The third kappa shape index (κ3) is 5.74. The average Bonchev–Trinajstić information content (AvgIpc) is 3.35. The van der Waals surface area contributed by atoms with Crippen molar-refractivity contribution in [3.8, 4) is 5.75 Å². The number of hydrogen-bond acceptors (Lipinski definition) is 6. The number of carbonyl (C=O) groups is 1. The molecular weight excluding hydrogens is 582 g/mol. The van der Waals surface area contributed by atoms with Crippen molar-refractivity contribution in [2.45, 2.75) is 19.6 Å². The van der Waals surface area contributed by atoms with E-state index in [0.717, 1.165) is 11.3 Å². The quantitative estimate of drug-likeness (QED) is 0.209. The van der Waals surface area contributed by atoms with Crippen LogP contribution in [0.5, 0.6) is 5.75 Å². The Balaban J connectivity index is 1.52. The highest BCUT2D eigenvalue weighted by atomic mass is 32.1. The van der Waals surface area contributed by atoms with Crippen molar-refractivity contribution in [1.82, 2.24) is 4.57 Å². The van der Waals surface area contributed by atoms with Crippen LogP contribution < -0.4 is 19.6 Å². The monoisotopic (exact) mass is 608 g/mol. The Bertz CT molecular complexity index is 2050. The maximum absolute atomic E-state index is 14.2.